The Balaban J connectivity index is 1.59. The largest absolute Gasteiger partial charge is 0.382 e. The van der Waals surface area contributed by atoms with Crippen LogP contribution in [0.25, 0.3) is 0 Å². The van der Waals surface area contributed by atoms with Crippen molar-refractivity contribution in [3.05, 3.63) is 24.8 Å². The quantitative estimate of drug-likeness (QED) is 0.292. The summed E-state index contributed by atoms with van der Waals surface area (Å²) in [4.78, 5) is 0. The molecule has 24 heavy (non-hydrogen) atoms. The summed E-state index contributed by atoms with van der Waals surface area (Å²) < 4.78 is 12.7. The molecule has 0 aromatic rings. The van der Waals surface area contributed by atoms with Crippen LogP contribution in [-0.2, 0) is 9.47 Å². The number of likely N-dealkylation sites (tertiary alicyclic amines) is 2. The average molecular weight is 342 g/mol. The summed E-state index contributed by atoms with van der Waals surface area (Å²) in [5, 5.41) is 19.1. The summed E-state index contributed by atoms with van der Waals surface area (Å²) in [6.45, 7) is 12.8. The number of nitrogens with zero attached hydrogens (tertiary/aromatic N) is 2. The lowest BCUT2D eigenvalue weighted by Crippen LogP contribution is -2.68. The van der Waals surface area contributed by atoms with Gasteiger partial charge >= 0.3 is 0 Å². The van der Waals surface area contributed by atoms with Crippen LogP contribution >= 0.6 is 0 Å². The lowest BCUT2D eigenvalue weighted by Gasteiger charge is -2.48. The number of aliphatic hydroxyl groups excluding tert-OH is 2. The standard InChI is InChI=1S/C18H34N2O4/c1-3-6-19(13-17(21)14-19)7-4-5-10-24-12-9-20(8-11-23-2)15-18(22)16-20/h3-5,17-18,21-22H,1,6-16H2,2H3/q+2/b5-4-. The van der Waals surface area contributed by atoms with E-state index in [0.29, 0.717) is 13.2 Å². The molecule has 0 bridgehead atoms. The highest BCUT2D eigenvalue weighted by molar-refractivity contribution is 4.85. The maximum Gasteiger partial charge on any atom is 0.152 e. The van der Waals surface area contributed by atoms with Crippen molar-refractivity contribution in [2.75, 3.05) is 79.3 Å². The molecule has 6 heteroatoms. The fraction of sp³-hybridized carbons (Fsp3) is 0.778. The average Bonchev–Trinajstić information content (AvgIpc) is 2.49. The Hall–Kier alpha value is -0.760. The van der Waals surface area contributed by atoms with E-state index < -0.39 is 0 Å². The first-order chi connectivity index (χ1) is 11.5. The minimum atomic E-state index is -0.168. The third-order valence-electron chi connectivity index (χ3n) is 5.26. The van der Waals surface area contributed by atoms with E-state index in [1.807, 2.05) is 6.08 Å². The first kappa shape index (κ1) is 19.6. The molecule has 2 N–H and O–H groups in total. The summed E-state index contributed by atoms with van der Waals surface area (Å²) in [7, 11) is 1.72. The normalized spacial score (nSPS) is 35.6. The predicted molar refractivity (Wildman–Crippen MR) is 93.5 cm³/mol. The van der Waals surface area contributed by atoms with Gasteiger partial charge in [-0.25, -0.2) is 0 Å². The fourth-order valence-corrected chi connectivity index (χ4v) is 3.87. The highest BCUT2D eigenvalue weighted by atomic mass is 16.5. The van der Waals surface area contributed by atoms with Crippen LogP contribution in [0.2, 0.25) is 0 Å². The van der Waals surface area contributed by atoms with E-state index in [0.717, 1.165) is 67.9 Å². The maximum atomic E-state index is 9.59. The van der Waals surface area contributed by atoms with E-state index in [9.17, 15) is 10.2 Å². The monoisotopic (exact) mass is 342 g/mol. The molecule has 2 aliphatic rings. The molecule has 138 valence electrons. The smallest absolute Gasteiger partial charge is 0.152 e. The number of methoxy groups -OCH3 is 1. The molecule has 0 radical (unpaired) electrons. The summed E-state index contributed by atoms with van der Waals surface area (Å²) in [6, 6.07) is 0. The minimum Gasteiger partial charge on any atom is -0.382 e. The van der Waals surface area contributed by atoms with Gasteiger partial charge in [0.05, 0.1) is 32.9 Å². The summed E-state index contributed by atoms with van der Waals surface area (Å²) in [5.74, 6) is 0. The van der Waals surface area contributed by atoms with Gasteiger partial charge in [-0.05, 0) is 12.2 Å². The molecule has 2 saturated heterocycles. The van der Waals surface area contributed by atoms with E-state index in [1.165, 1.54) is 0 Å². The van der Waals surface area contributed by atoms with Gasteiger partial charge < -0.3 is 28.7 Å². The molecule has 0 unspecified atom stereocenters. The van der Waals surface area contributed by atoms with Gasteiger partial charge in [-0.1, -0.05) is 12.7 Å². The van der Waals surface area contributed by atoms with Crippen LogP contribution in [0.4, 0.5) is 0 Å². The molecular weight excluding hydrogens is 308 g/mol. The van der Waals surface area contributed by atoms with Crippen molar-refractivity contribution in [2.45, 2.75) is 12.2 Å². The first-order valence-corrected chi connectivity index (χ1v) is 8.92. The Morgan fingerprint density at radius 1 is 0.958 bits per heavy atom. The highest BCUT2D eigenvalue weighted by Gasteiger charge is 2.42. The number of quaternary nitrogens is 2. The molecule has 0 amide bonds. The Bertz CT molecular complexity index is 415. The second-order valence-electron chi connectivity index (χ2n) is 7.36. The van der Waals surface area contributed by atoms with Crippen molar-refractivity contribution in [3.63, 3.8) is 0 Å². The van der Waals surface area contributed by atoms with E-state index in [1.54, 1.807) is 7.11 Å². The van der Waals surface area contributed by atoms with Gasteiger partial charge in [0, 0.05) is 7.11 Å². The van der Waals surface area contributed by atoms with Crippen LogP contribution in [0.3, 0.4) is 0 Å². The third kappa shape index (κ3) is 5.37. The van der Waals surface area contributed by atoms with Gasteiger partial charge in [-0.15, -0.1) is 0 Å². The Morgan fingerprint density at radius 3 is 2.17 bits per heavy atom. The van der Waals surface area contributed by atoms with Crippen LogP contribution in [-0.4, -0.2) is 111 Å². The van der Waals surface area contributed by atoms with E-state index >= 15 is 0 Å². The van der Waals surface area contributed by atoms with Gasteiger partial charge in [0.25, 0.3) is 0 Å². The van der Waals surface area contributed by atoms with Crippen molar-refractivity contribution in [1.82, 2.24) is 0 Å². The molecule has 0 saturated carbocycles. The Morgan fingerprint density at radius 2 is 1.58 bits per heavy atom. The zero-order chi connectivity index (χ0) is 17.5. The Labute approximate surface area is 145 Å². The molecule has 2 fully saturated rings. The highest BCUT2D eigenvalue weighted by Crippen LogP contribution is 2.21. The Kier molecular flexibility index (Phi) is 7.40. The number of aliphatic hydroxyl groups is 2. The third-order valence-corrected chi connectivity index (χ3v) is 5.26. The van der Waals surface area contributed by atoms with Crippen LogP contribution in [0, 0.1) is 0 Å². The van der Waals surface area contributed by atoms with E-state index in [4.69, 9.17) is 9.47 Å². The maximum absolute atomic E-state index is 9.59. The van der Waals surface area contributed by atoms with Gasteiger partial charge in [-0.2, -0.15) is 0 Å². The SMILES string of the molecule is C=CC[N+]1(C/C=C\COCC[N+]2(CCOC)CC(O)C2)CC(O)C1. The minimum absolute atomic E-state index is 0.159. The molecule has 2 heterocycles. The summed E-state index contributed by atoms with van der Waals surface area (Å²) in [5.41, 5.74) is 0. The van der Waals surface area contributed by atoms with Crippen molar-refractivity contribution >= 4 is 0 Å². The van der Waals surface area contributed by atoms with Gasteiger partial charge in [0.15, 0.2) is 12.2 Å². The number of hydrogen-bond donors (Lipinski definition) is 2. The number of rotatable bonds is 12. The molecular formula is C18H34N2O4+2. The molecule has 2 rings (SSSR count). The second kappa shape index (κ2) is 9.08. The molecule has 6 nitrogen and oxygen atoms in total. The van der Waals surface area contributed by atoms with Crippen LogP contribution in [0.15, 0.2) is 24.8 Å². The second-order valence-corrected chi connectivity index (χ2v) is 7.36. The van der Waals surface area contributed by atoms with Crippen molar-refractivity contribution in [2.24, 2.45) is 0 Å². The van der Waals surface area contributed by atoms with Crippen LogP contribution < -0.4 is 0 Å². The molecule has 0 atom stereocenters. The van der Waals surface area contributed by atoms with Crippen LogP contribution in [0.1, 0.15) is 0 Å². The molecule has 2 aliphatic heterocycles. The number of hydrogen-bond acceptors (Lipinski definition) is 4. The summed E-state index contributed by atoms with van der Waals surface area (Å²) in [6.07, 6.45) is 5.82. The topological polar surface area (TPSA) is 58.9 Å². The predicted octanol–water partition coefficient (Wildman–Crippen LogP) is -0.226. The summed E-state index contributed by atoms with van der Waals surface area (Å²) >= 11 is 0. The van der Waals surface area contributed by atoms with E-state index in [2.05, 4.69) is 18.7 Å². The zero-order valence-corrected chi connectivity index (χ0v) is 15.0. The first-order valence-electron chi connectivity index (χ1n) is 8.92. The lowest BCUT2D eigenvalue weighted by atomic mass is 10.1. The molecule has 0 aromatic heterocycles. The van der Waals surface area contributed by atoms with Crippen molar-refractivity contribution < 1.29 is 28.7 Å². The molecule has 0 aliphatic carbocycles. The molecule has 0 spiro atoms. The lowest BCUT2D eigenvalue weighted by molar-refractivity contribution is -0.972. The van der Waals surface area contributed by atoms with Crippen molar-refractivity contribution in [1.29, 1.82) is 0 Å². The van der Waals surface area contributed by atoms with Crippen molar-refractivity contribution in [3.8, 4) is 0 Å². The van der Waals surface area contributed by atoms with Gasteiger partial charge in [-0.3, -0.25) is 0 Å². The zero-order valence-electron chi connectivity index (χ0n) is 15.0. The van der Waals surface area contributed by atoms with Gasteiger partial charge in [0.1, 0.15) is 39.3 Å². The number of ether oxygens (including phenoxy) is 2. The fourth-order valence-electron chi connectivity index (χ4n) is 3.87. The van der Waals surface area contributed by atoms with Crippen LogP contribution in [0.5, 0.6) is 0 Å². The van der Waals surface area contributed by atoms with Gasteiger partial charge in [0.2, 0.25) is 0 Å². The van der Waals surface area contributed by atoms with E-state index in [-0.39, 0.29) is 12.2 Å². The molecule has 0 aromatic carbocycles.